The van der Waals surface area contributed by atoms with Crippen molar-refractivity contribution in [2.24, 2.45) is 22.5 Å². The average molecular weight is 167 g/mol. The predicted molar refractivity (Wildman–Crippen MR) is 47.6 cm³/mol. The highest BCUT2D eigenvalue weighted by Crippen LogP contribution is 2.63. The fourth-order valence-corrected chi connectivity index (χ4v) is 3.25. The number of hydrogen-bond donors (Lipinski definition) is 1. The van der Waals surface area contributed by atoms with E-state index in [4.69, 9.17) is 5.73 Å². The van der Waals surface area contributed by atoms with Gasteiger partial charge >= 0.3 is 0 Å². The Morgan fingerprint density at radius 2 is 2.25 bits per heavy atom. The van der Waals surface area contributed by atoms with Crippen LogP contribution in [0.25, 0.3) is 0 Å². The predicted octanol–water partition coefficient (Wildman–Crippen LogP) is 1.34. The number of nitrogens with two attached hydrogens (primary N) is 1. The van der Waals surface area contributed by atoms with Gasteiger partial charge in [0.05, 0.1) is 0 Å². The van der Waals surface area contributed by atoms with Crippen LogP contribution >= 0.6 is 0 Å². The summed E-state index contributed by atoms with van der Waals surface area (Å²) >= 11 is 0. The number of Topliss-reactive ketones (excluding diaryl/α,β-unsaturated/α-hetero) is 1. The number of carbonyl (C=O) groups excluding carboxylic acids is 1. The average Bonchev–Trinajstić information content (AvgIpc) is 2.36. The summed E-state index contributed by atoms with van der Waals surface area (Å²) in [6, 6.07) is 0. The van der Waals surface area contributed by atoms with Crippen LogP contribution in [0.4, 0.5) is 0 Å². The lowest BCUT2D eigenvalue weighted by Gasteiger charge is -2.35. The molecule has 2 aliphatic rings. The van der Waals surface area contributed by atoms with Crippen molar-refractivity contribution in [3.05, 3.63) is 0 Å². The van der Waals surface area contributed by atoms with E-state index in [2.05, 4.69) is 13.8 Å². The van der Waals surface area contributed by atoms with Crippen LogP contribution in [-0.4, -0.2) is 12.3 Å². The highest BCUT2D eigenvalue weighted by molar-refractivity contribution is 5.89. The van der Waals surface area contributed by atoms with Gasteiger partial charge in [0, 0.05) is 18.4 Å². The zero-order valence-corrected chi connectivity index (χ0v) is 7.89. The molecule has 0 aromatic rings. The molecule has 0 heterocycles. The van der Waals surface area contributed by atoms with E-state index >= 15 is 0 Å². The molecule has 0 amide bonds. The molecule has 0 aliphatic heterocycles. The Hall–Kier alpha value is -0.370. The highest BCUT2D eigenvalue weighted by atomic mass is 16.1. The summed E-state index contributed by atoms with van der Waals surface area (Å²) in [5.74, 6) is 1.03. The minimum atomic E-state index is -0.155. The first-order chi connectivity index (χ1) is 5.54. The van der Waals surface area contributed by atoms with Gasteiger partial charge in [0.1, 0.15) is 5.78 Å². The number of rotatable bonds is 1. The Bertz CT molecular complexity index is 234. The van der Waals surface area contributed by atoms with Crippen molar-refractivity contribution < 1.29 is 4.79 Å². The Balaban J connectivity index is 2.46. The van der Waals surface area contributed by atoms with E-state index in [9.17, 15) is 4.79 Å². The lowest BCUT2D eigenvalue weighted by molar-refractivity contribution is -0.128. The fourth-order valence-electron chi connectivity index (χ4n) is 3.25. The van der Waals surface area contributed by atoms with E-state index in [0.29, 0.717) is 18.2 Å². The Morgan fingerprint density at radius 1 is 1.58 bits per heavy atom. The van der Waals surface area contributed by atoms with Gasteiger partial charge in [0.25, 0.3) is 0 Å². The van der Waals surface area contributed by atoms with E-state index in [-0.39, 0.29) is 10.8 Å². The van der Waals surface area contributed by atoms with Gasteiger partial charge < -0.3 is 5.73 Å². The Morgan fingerprint density at radius 3 is 2.50 bits per heavy atom. The van der Waals surface area contributed by atoms with Gasteiger partial charge in [-0.15, -0.1) is 0 Å². The van der Waals surface area contributed by atoms with Crippen molar-refractivity contribution >= 4 is 5.78 Å². The van der Waals surface area contributed by atoms with Crippen molar-refractivity contribution in [1.82, 2.24) is 0 Å². The summed E-state index contributed by atoms with van der Waals surface area (Å²) in [5.41, 5.74) is 5.76. The van der Waals surface area contributed by atoms with Crippen LogP contribution in [0.3, 0.4) is 0 Å². The molecule has 2 rings (SSSR count). The summed E-state index contributed by atoms with van der Waals surface area (Å²) in [7, 11) is 0. The normalized spacial score (nSPS) is 43.9. The number of fused-ring (bicyclic) bond motifs is 2. The molecule has 2 nitrogen and oxygen atoms in total. The van der Waals surface area contributed by atoms with Crippen LogP contribution < -0.4 is 5.73 Å². The number of hydrogen-bond acceptors (Lipinski definition) is 2. The minimum absolute atomic E-state index is 0.155. The molecule has 0 radical (unpaired) electrons. The van der Waals surface area contributed by atoms with E-state index in [0.717, 1.165) is 12.8 Å². The molecule has 2 atom stereocenters. The maximum absolute atomic E-state index is 11.7. The zero-order chi connectivity index (χ0) is 8.98. The molecule has 0 aromatic carbocycles. The monoisotopic (exact) mass is 167 g/mol. The molecule has 68 valence electrons. The minimum Gasteiger partial charge on any atom is -0.329 e. The Labute approximate surface area is 73.5 Å². The van der Waals surface area contributed by atoms with Gasteiger partial charge in [-0.3, -0.25) is 4.79 Å². The molecule has 2 fully saturated rings. The van der Waals surface area contributed by atoms with E-state index < -0.39 is 0 Å². The third kappa shape index (κ3) is 0.634. The van der Waals surface area contributed by atoms with Crippen molar-refractivity contribution in [1.29, 1.82) is 0 Å². The Kier molecular flexibility index (Phi) is 1.45. The molecule has 2 saturated carbocycles. The lowest BCUT2D eigenvalue weighted by Crippen LogP contribution is -2.42. The molecule has 2 N–H and O–H groups in total. The first-order valence-electron chi connectivity index (χ1n) is 4.78. The van der Waals surface area contributed by atoms with Crippen LogP contribution in [0.5, 0.6) is 0 Å². The summed E-state index contributed by atoms with van der Waals surface area (Å²) in [4.78, 5) is 11.7. The van der Waals surface area contributed by atoms with Crippen LogP contribution in [-0.2, 0) is 4.79 Å². The molecule has 2 heteroatoms. The molecule has 0 aromatic heterocycles. The second kappa shape index (κ2) is 2.11. The fraction of sp³-hybridized carbons (Fsp3) is 0.900. The quantitative estimate of drug-likeness (QED) is 0.640. The molecule has 2 bridgehead atoms. The molecule has 0 saturated heterocycles. The van der Waals surface area contributed by atoms with Gasteiger partial charge in [0.15, 0.2) is 0 Å². The topological polar surface area (TPSA) is 43.1 Å². The van der Waals surface area contributed by atoms with Crippen LogP contribution in [0.15, 0.2) is 0 Å². The maximum Gasteiger partial charge on any atom is 0.141 e. The van der Waals surface area contributed by atoms with Crippen LogP contribution in [0, 0.1) is 16.7 Å². The van der Waals surface area contributed by atoms with Gasteiger partial charge in [-0.25, -0.2) is 0 Å². The third-order valence-electron chi connectivity index (χ3n) is 4.49. The lowest BCUT2D eigenvalue weighted by atomic mass is 9.69. The summed E-state index contributed by atoms with van der Waals surface area (Å²) in [6.07, 6.45) is 3.01. The molecular weight excluding hydrogens is 150 g/mol. The van der Waals surface area contributed by atoms with Gasteiger partial charge in [-0.2, -0.15) is 0 Å². The second-order valence-electron chi connectivity index (χ2n) is 4.87. The first-order valence-corrected chi connectivity index (χ1v) is 4.78. The third-order valence-corrected chi connectivity index (χ3v) is 4.49. The summed E-state index contributed by atoms with van der Waals surface area (Å²) < 4.78 is 0. The van der Waals surface area contributed by atoms with Crippen molar-refractivity contribution in [2.45, 2.75) is 33.1 Å². The largest absolute Gasteiger partial charge is 0.329 e. The molecule has 0 spiro atoms. The van der Waals surface area contributed by atoms with Crippen LogP contribution in [0.1, 0.15) is 33.1 Å². The summed E-state index contributed by atoms with van der Waals surface area (Å²) in [6.45, 7) is 4.97. The highest BCUT2D eigenvalue weighted by Gasteiger charge is 2.63. The van der Waals surface area contributed by atoms with E-state index in [1.54, 1.807) is 0 Å². The van der Waals surface area contributed by atoms with Crippen LogP contribution in [0.2, 0.25) is 0 Å². The zero-order valence-electron chi connectivity index (χ0n) is 7.89. The molecule has 2 aliphatic carbocycles. The van der Waals surface area contributed by atoms with Gasteiger partial charge in [-0.05, 0) is 24.2 Å². The van der Waals surface area contributed by atoms with Crippen molar-refractivity contribution in [2.75, 3.05) is 6.54 Å². The van der Waals surface area contributed by atoms with Gasteiger partial charge in [-0.1, -0.05) is 13.8 Å². The van der Waals surface area contributed by atoms with Crippen molar-refractivity contribution in [3.63, 3.8) is 0 Å². The van der Waals surface area contributed by atoms with E-state index in [1.807, 2.05) is 0 Å². The SMILES string of the molecule is CC1(C)C2CCC1(CN)C(=O)C2. The maximum atomic E-state index is 11.7. The standard InChI is InChI=1S/C10H17NO/c1-9(2)7-3-4-10(9,6-11)8(12)5-7/h7H,3-6,11H2,1-2H3. The molecule has 12 heavy (non-hydrogen) atoms. The first kappa shape index (κ1) is 8.24. The smallest absolute Gasteiger partial charge is 0.141 e. The second-order valence-corrected chi connectivity index (χ2v) is 4.87. The number of carbonyl (C=O) groups is 1. The van der Waals surface area contributed by atoms with Crippen molar-refractivity contribution in [3.8, 4) is 0 Å². The molecular formula is C10H17NO. The summed E-state index contributed by atoms with van der Waals surface area (Å²) in [5, 5.41) is 0. The molecule has 2 unspecified atom stereocenters. The van der Waals surface area contributed by atoms with Gasteiger partial charge in [0.2, 0.25) is 0 Å². The number of ketones is 1. The van der Waals surface area contributed by atoms with E-state index in [1.165, 1.54) is 6.42 Å².